The van der Waals surface area contributed by atoms with Gasteiger partial charge in [0, 0.05) is 0 Å². The van der Waals surface area contributed by atoms with Gasteiger partial charge in [-0.15, -0.1) is 0 Å². The molecule has 8 heteroatoms. The summed E-state index contributed by atoms with van der Waals surface area (Å²) in [6.45, 7) is 4.84. The molecule has 0 bridgehead atoms. The van der Waals surface area contributed by atoms with E-state index < -0.39 is 23.5 Å². The molecule has 0 radical (unpaired) electrons. The van der Waals surface area contributed by atoms with Gasteiger partial charge >= 0.3 is 0 Å². The fourth-order valence-corrected chi connectivity index (χ4v) is 5.38. The Labute approximate surface area is 224 Å². The highest BCUT2D eigenvalue weighted by molar-refractivity contribution is 7.22. The minimum absolute atomic E-state index is 0.000558. The van der Waals surface area contributed by atoms with Gasteiger partial charge in [0.1, 0.15) is 11.5 Å². The van der Waals surface area contributed by atoms with E-state index in [9.17, 15) is 14.7 Å². The Balaban J connectivity index is 1.57. The largest absolute Gasteiger partial charge is 0.503 e. The number of aliphatic hydroxyl groups is 1. The van der Waals surface area contributed by atoms with Crippen LogP contribution in [-0.2, 0) is 9.59 Å². The standard InChI is InChI=1S/C30H26N2O5S/c1-3-36-21-13-11-20(12-14-21)27-26(24(33)17-10-19-8-6-5-7-9-19)28(34)29(35)32(27)30-31-23-16-15-22(37-4-2)18-25(23)38-30/h5-18,27,34H,3-4H2,1-2H3. The summed E-state index contributed by atoms with van der Waals surface area (Å²) in [6.07, 6.45) is 3.05. The van der Waals surface area contributed by atoms with E-state index in [1.54, 1.807) is 30.3 Å². The van der Waals surface area contributed by atoms with E-state index in [4.69, 9.17) is 9.47 Å². The number of carbonyl (C=O) groups is 2. The van der Waals surface area contributed by atoms with Crippen LogP contribution in [0.15, 0.2) is 90.2 Å². The Hall–Kier alpha value is -4.43. The van der Waals surface area contributed by atoms with Gasteiger partial charge in [-0.25, -0.2) is 4.98 Å². The van der Waals surface area contributed by atoms with Crippen molar-refractivity contribution >= 4 is 44.5 Å². The van der Waals surface area contributed by atoms with Crippen LogP contribution >= 0.6 is 11.3 Å². The maximum absolute atomic E-state index is 13.5. The van der Waals surface area contributed by atoms with Crippen molar-refractivity contribution in [3.63, 3.8) is 0 Å². The number of fused-ring (bicyclic) bond motifs is 1. The number of thiazole rings is 1. The average molecular weight is 527 g/mol. The summed E-state index contributed by atoms with van der Waals surface area (Å²) in [6, 6.07) is 21.2. The number of aliphatic hydroxyl groups excluding tert-OH is 1. The van der Waals surface area contributed by atoms with Gasteiger partial charge in [0.05, 0.1) is 35.0 Å². The van der Waals surface area contributed by atoms with E-state index in [1.165, 1.54) is 22.3 Å². The molecular formula is C30H26N2O5S. The number of hydrogen-bond donors (Lipinski definition) is 1. The average Bonchev–Trinajstić information content (AvgIpc) is 3.46. The highest BCUT2D eigenvalue weighted by Gasteiger charge is 2.45. The molecule has 2 heterocycles. The highest BCUT2D eigenvalue weighted by atomic mass is 32.1. The minimum Gasteiger partial charge on any atom is -0.503 e. The summed E-state index contributed by atoms with van der Waals surface area (Å²) in [5, 5.41) is 11.4. The Morgan fingerprint density at radius 3 is 2.39 bits per heavy atom. The monoisotopic (exact) mass is 526 g/mol. The first-order valence-corrected chi connectivity index (χ1v) is 13.1. The van der Waals surface area contributed by atoms with Gasteiger partial charge in [-0.3, -0.25) is 14.5 Å². The van der Waals surface area contributed by atoms with Gasteiger partial charge in [-0.1, -0.05) is 59.9 Å². The van der Waals surface area contributed by atoms with E-state index in [0.717, 1.165) is 10.3 Å². The van der Waals surface area contributed by atoms with Crippen molar-refractivity contribution in [3.8, 4) is 11.5 Å². The number of ether oxygens (including phenoxy) is 2. The van der Waals surface area contributed by atoms with Crippen LogP contribution < -0.4 is 14.4 Å². The second-order valence-electron chi connectivity index (χ2n) is 8.51. The first-order chi connectivity index (χ1) is 18.5. The normalized spacial score (nSPS) is 15.6. The molecule has 1 aromatic heterocycles. The van der Waals surface area contributed by atoms with E-state index in [1.807, 2.05) is 62.4 Å². The fraction of sp³-hybridized carbons (Fsp3) is 0.167. The van der Waals surface area contributed by atoms with Gasteiger partial charge in [-0.05, 0) is 61.4 Å². The van der Waals surface area contributed by atoms with E-state index in [-0.39, 0.29) is 5.57 Å². The maximum atomic E-state index is 13.5. The summed E-state index contributed by atoms with van der Waals surface area (Å²) in [5.41, 5.74) is 2.17. The van der Waals surface area contributed by atoms with Crippen molar-refractivity contribution in [1.82, 2.24) is 4.98 Å². The Morgan fingerprint density at radius 2 is 1.68 bits per heavy atom. The summed E-state index contributed by atoms with van der Waals surface area (Å²) in [5.74, 6) is -0.347. The summed E-state index contributed by atoms with van der Waals surface area (Å²) in [4.78, 5) is 33.0. The molecule has 1 atom stereocenters. The third-order valence-electron chi connectivity index (χ3n) is 6.07. The number of amides is 1. The predicted octanol–water partition coefficient (Wildman–Crippen LogP) is 6.28. The third-order valence-corrected chi connectivity index (χ3v) is 7.09. The molecule has 0 saturated carbocycles. The molecular weight excluding hydrogens is 500 g/mol. The fourth-order valence-electron chi connectivity index (χ4n) is 4.36. The minimum atomic E-state index is -0.863. The van der Waals surface area contributed by atoms with Gasteiger partial charge in [0.2, 0.25) is 0 Å². The second kappa shape index (κ2) is 10.9. The number of nitrogens with zero attached hydrogens (tertiary/aromatic N) is 2. The maximum Gasteiger partial charge on any atom is 0.296 e. The van der Waals surface area contributed by atoms with Gasteiger partial charge in [0.25, 0.3) is 5.91 Å². The Morgan fingerprint density at radius 1 is 1.00 bits per heavy atom. The predicted molar refractivity (Wildman–Crippen MR) is 149 cm³/mol. The Bertz CT molecular complexity index is 1540. The molecule has 1 aliphatic rings. The molecule has 5 rings (SSSR count). The van der Waals surface area contributed by atoms with Gasteiger partial charge in [0.15, 0.2) is 16.7 Å². The van der Waals surface area contributed by atoms with Gasteiger partial charge < -0.3 is 14.6 Å². The zero-order valence-electron chi connectivity index (χ0n) is 21.0. The number of allylic oxidation sites excluding steroid dienone is 1. The van der Waals surface area contributed by atoms with E-state index in [0.29, 0.717) is 40.9 Å². The van der Waals surface area contributed by atoms with E-state index in [2.05, 4.69) is 4.98 Å². The lowest BCUT2D eigenvalue weighted by Gasteiger charge is -2.24. The molecule has 4 aromatic rings. The van der Waals surface area contributed by atoms with Crippen LogP contribution in [0.2, 0.25) is 0 Å². The van der Waals surface area contributed by atoms with Crippen molar-refractivity contribution in [2.24, 2.45) is 0 Å². The molecule has 0 saturated heterocycles. The van der Waals surface area contributed by atoms with Crippen LogP contribution in [0.25, 0.3) is 16.3 Å². The van der Waals surface area contributed by atoms with Crippen LogP contribution in [0, 0.1) is 0 Å². The number of anilines is 1. The molecule has 1 unspecified atom stereocenters. The molecule has 1 N–H and O–H groups in total. The van der Waals surface area contributed by atoms with E-state index >= 15 is 0 Å². The summed E-state index contributed by atoms with van der Waals surface area (Å²) in [7, 11) is 0. The number of carbonyl (C=O) groups excluding carboxylic acids is 2. The first kappa shape index (κ1) is 25.2. The SMILES string of the molecule is CCOc1ccc(C2C(C(=O)C=Cc3ccccc3)=C(O)C(=O)N2c2nc3ccc(OCC)cc3s2)cc1. The lowest BCUT2D eigenvalue weighted by Crippen LogP contribution is -2.30. The van der Waals surface area contributed by atoms with Crippen molar-refractivity contribution < 1.29 is 24.2 Å². The van der Waals surface area contributed by atoms with Crippen LogP contribution in [0.4, 0.5) is 5.13 Å². The second-order valence-corrected chi connectivity index (χ2v) is 9.52. The van der Waals surface area contributed by atoms with Crippen molar-refractivity contribution in [2.45, 2.75) is 19.9 Å². The highest BCUT2D eigenvalue weighted by Crippen LogP contribution is 2.44. The number of hydrogen-bond acceptors (Lipinski definition) is 7. The molecule has 0 aliphatic carbocycles. The van der Waals surface area contributed by atoms with Crippen molar-refractivity contribution in [1.29, 1.82) is 0 Å². The molecule has 1 aliphatic heterocycles. The third kappa shape index (κ3) is 4.90. The number of rotatable bonds is 9. The topological polar surface area (TPSA) is 89.0 Å². The molecule has 3 aromatic carbocycles. The van der Waals surface area contributed by atoms with Crippen LogP contribution in [-0.4, -0.2) is 35.0 Å². The molecule has 0 spiro atoms. The number of ketones is 1. The quantitative estimate of drug-likeness (QED) is 0.258. The van der Waals surface area contributed by atoms with Crippen molar-refractivity contribution in [3.05, 3.63) is 101 Å². The number of benzene rings is 3. The smallest absolute Gasteiger partial charge is 0.296 e. The molecule has 38 heavy (non-hydrogen) atoms. The zero-order chi connectivity index (χ0) is 26.6. The first-order valence-electron chi connectivity index (χ1n) is 12.3. The molecule has 7 nitrogen and oxygen atoms in total. The molecule has 192 valence electrons. The number of aromatic nitrogens is 1. The summed E-state index contributed by atoms with van der Waals surface area (Å²) >= 11 is 1.30. The zero-order valence-corrected chi connectivity index (χ0v) is 21.8. The van der Waals surface area contributed by atoms with Crippen LogP contribution in [0.5, 0.6) is 11.5 Å². The Kier molecular flexibility index (Phi) is 7.24. The van der Waals surface area contributed by atoms with Crippen LogP contribution in [0.1, 0.15) is 31.0 Å². The van der Waals surface area contributed by atoms with Crippen molar-refractivity contribution in [2.75, 3.05) is 18.1 Å². The molecule has 0 fully saturated rings. The van der Waals surface area contributed by atoms with Gasteiger partial charge in [-0.2, -0.15) is 0 Å². The lowest BCUT2D eigenvalue weighted by molar-refractivity contribution is -0.117. The summed E-state index contributed by atoms with van der Waals surface area (Å²) < 4.78 is 12.0. The lowest BCUT2D eigenvalue weighted by atomic mass is 9.95. The molecule has 1 amide bonds. The van der Waals surface area contributed by atoms with Crippen LogP contribution in [0.3, 0.4) is 0 Å².